The van der Waals surface area contributed by atoms with Gasteiger partial charge in [-0.15, -0.1) is 0 Å². The molecule has 0 aromatic rings. The van der Waals surface area contributed by atoms with E-state index in [-0.39, 0.29) is 31.1 Å². The summed E-state index contributed by atoms with van der Waals surface area (Å²) in [5.74, 6) is 0.00122. The van der Waals surface area contributed by atoms with Crippen LogP contribution in [-0.2, 0) is 28.6 Å². The largest absolute Gasteiger partial charge is 0.462 e. The van der Waals surface area contributed by atoms with Gasteiger partial charge in [0, 0.05) is 19.3 Å². The fourth-order valence-electron chi connectivity index (χ4n) is 8.22. The van der Waals surface area contributed by atoms with E-state index in [0.29, 0.717) is 19.3 Å². The Kier molecular flexibility index (Phi) is 47.2. The Balaban J connectivity index is 4.27. The Morgan fingerprint density at radius 3 is 0.817 bits per heavy atom. The van der Waals surface area contributed by atoms with Gasteiger partial charge in [0.05, 0.1) is 0 Å². The van der Waals surface area contributed by atoms with Gasteiger partial charge in [0.25, 0.3) is 0 Å². The van der Waals surface area contributed by atoms with Crippen LogP contribution in [0.25, 0.3) is 0 Å². The van der Waals surface area contributed by atoms with E-state index in [1.807, 2.05) is 0 Å². The highest BCUT2D eigenvalue weighted by Gasteiger charge is 2.19. The summed E-state index contributed by atoms with van der Waals surface area (Å²) in [6, 6.07) is 0. The highest BCUT2D eigenvalue weighted by Crippen LogP contribution is 2.17. The fourth-order valence-corrected chi connectivity index (χ4v) is 8.22. The van der Waals surface area contributed by atoms with Gasteiger partial charge in [0.2, 0.25) is 0 Å². The molecule has 0 fully saturated rings. The topological polar surface area (TPSA) is 78.9 Å². The second kappa shape index (κ2) is 48.4. The van der Waals surface area contributed by atoms with Crippen molar-refractivity contribution in [2.45, 2.75) is 310 Å². The predicted octanol–water partition coefficient (Wildman–Crippen LogP) is 17.5. The Bertz CT molecular complexity index is 903. The number of hydrogen-bond donors (Lipinski definition) is 0. The Labute approximate surface area is 374 Å². The van der Waals surface area contributed by atoms with Gasteiger partial charge in [-0.05, 0) is 25.2 Å². The molecule has 1 atom stereocenters. The van der Waals surface area contributed by atoms with Gasteiger partial charge in [0.1, 0.15) is 13.2 Å². The van der Waals surface area contributed by atoms with Crippen LogP contribution in [0.2, 0.25) is 0 Å². The summed E-state index contributed by atoms with van der Waals surface area (Å²) in [7, 11) is 0. The summed E-state index contributed by atoms with van der Waals surface area (Å²) < 4.78 is 16.8. The lowest BCUT2D eigenvalue weighted by Crippen LogP contribution is -2.30. The molecule has 0 radical (unpaired) electrons. The lowest BCUT2D eigenvalue weighted by Gasteiger charge is -2.18. The van der Waals surface area contributed by atoms with E-state index in [1.165, 1.54) is 199 Å². The zero-order valence-electron chi connectivity index (χ0n) is 40.9. The number of rotatable bonds is 49. The molecule has 0 spiro atoms. The van der Waals surface area contributed by atoms with Crippen molar-refractivity contribution in [3.8, 4) is 0 Å². The highest BCUT2D eigenvalue weighted by atomic mass is 16.6. The van der Waals surface area contributed by atoms with E-state index < -0.39 is 6.10 Å². The molecule has 0 aliphatic carbocycles. The zero-order valence-corrected chi connectivity index (χ0v) is 40.9. The fraction of sp³-hybridized carbons (Fsp3) is 0.944. The molecule has 0 aromatic heterocycles. The number of esters is 3. The van der Waals surface area contributed by atoms with E-state index in [9.17, 15) is 14.4 Å². The first-order valence-electron chi connectivity index (χ1n) is 26.9. The molecular formula is C54H104O6. The van der Waals surface area contributed by atoms with Crippen molar-refractivity contribution in [2.24, 2.45) is 5.92 Å². The summed E-state index contributed by atoms with van der Waals surface area (Å²) >= 11 is 0. The normalized spacial score (nSPS) is 11.9. The van der Waals surface area contributed by atoms with Crippen LogP contribution in [0.1, 0.15) is 304 Å². The van der Waals surface area contributed by atoms with Crippen LogP contribution in [0.3, 0.4) is 0 Å². The van der Waals surface area contributed by atoms with Crippen molar-refractivity contribution < 1.29 is 28.6 Å². The van der Waals surface area contributed by atoms with Crippen LogP contribution in [0.4, 0.5) is 0 Å². The van der Waals surface area contributed by atoms with Crippen molar-refractivity contribution in [2.75, 3.05) is 13.2 Å². The molecule has 0 saturated heterocycles. The van der Waals surface area contributed by atoms with E-state index in [1.54, 1.807) is 0 Å². The SMILES string of the molecule is CCCCCCCCCCCCCCCCCC(=O)OC[C@H](COC(=O)CCCCCCCCCCCC)OC(=O)CCCCCCCCCCCCCCCCC(C)C. The molecule has 0 rings (SSSR count). The summed E-state index contributed by atoms with van der Waals surface area (Å²) in [4.78, 5) is 37.9. The summed E-state index contributed by atoms with van der Waals surface area (Å²) in [5.41, 5.74) is 0. The monoisotopic (exact) mass is 849 g/mol. The second-order valence-corrected chi connectivity index (χ2v) is 19.0. The van der Waals surface area contributed by atoms with Gasteiger partial charge < -0.3 is 14.2 Å². The molecule has 60 heavy (non-hydrogen) atoms. The van der Waals surface area contributed by atoms with E-state index in [2.05, 4.69) is 27.7 Å². The van der Waals surface area contributed by atoms with Gasteiger partial charge in [-0.25, -0.2) is 0 Å². The maximum Gasteiger partial charge on any atom is 0.306 e. The van der Waals surface area contributed by atoms with Crippen molar-refractivity contribution in [1.29, 1.82) is 0 Å². The molecule has 6 nitrogen and oxygen atoms in total. The molecule has 0 bridgehead atoms. The molecule has 356 valence electrons. The third-order valence-electron chi connectivity index (χ3n) is 12.3. The van der Waals surface area contributed by atoms with Gasteiger partial charge in [0.15, 0.2) is 6.10 Å². The number of unbranched alkanes of at least 4 members (excludes halogenated alkanes) is 36. The summed E-state index contributed by atoms with van der Waals surface area (Å²) in [5, 5.41) is 0. The van der Waals surface area contributed by atoms with Gasteiger partial charge in [-0.2, -0.15) is 0 Å². The Hall–Kier alpha value is -1.59. The van der Waals surface area contributed by atoms with Crippen LogP contribution in [0, 0.1) is 5.92 Å². The standard InChI is InChI=1S/C54H104O6/c1-5-7-9-11-13-15-17-18-19-23-26-30-34-38-42-46-53(56)59-49-51(48-58-52(55)45-41-37-33-29-16-14-12-10-8-6-2)60-54(57)47-43-39-35-31-27-24-21-20-22-25-28-32-36-40-44-50(3)4/h50-51H,5-49H2,1-4H3/t51-/m0/s1. The highest BCUT2D eigenvalue weighted by molar-refractivity contribution is 5.71. The first-order chi connectivity index (χ1) is 29.4. The number of ether oxygens (including phenoxy) is 3. The number of hydrogen-bond acceptors (Lipinski definition) is 6. The first kappa shape index (κ1) is 58.4. The van der Waals surface area contributed by atoms with E-state index in [0.717, 1.165) is 63.7 Å². The van der Waals surface area contributed by atoms with Crippen LogP contribution < -0.4 is 0 Å². The molecule has 0 N–H and O–H groups in total. The summed E-state index contributed by atoms with van der Waals surface area (Å²) in [6.07, 6.45) is 50.9. The van der Waals surface area contributed by atoms with Gasteiger partial charge in [-0.1, -0.05) is 265 Å². The quantitative estimate of drug-likeness (QED) is 0.0345. The molecular weight excluding hydrogens is 745 g/mol. The van der Waals surface area contributed by atoms with E-state index in [4.69, 9.17) is 14.2 Å². The predicted molar refractivity (Wildman–Crippen MR) is 257 cm³/mol. The zero-order chi connectivity index (χ0) is 43.8. The third kappa shape index (κ3) is 47.5. The molecule has 0 unspecified atom stereocenters. The minimum absolute atomic E-state index is 0.0624. The molecule has 0 saturated carbocycles. The average Bonchev–Trinajstić information content (AvgIpc) is 3.23. The van der Waals surface area contributed by atoms with Crippen LogP contribution in [-0.4, -0.2) is 37.2 Å². The van der Waals surface area contributed by atoms with E-state index >= 15 is 0 Å². The lowest BCUT2D eigenvalue weighted by molar-refractivity contribution is -0.167. The van der Waals surface area contributed by atoms with Crippen molar-refractivity contribution in [3.05, 3.63) is 0 Å². The van der Waals surface area contributed by atoms with Gasteiger partial charge >= 0.3 is 17.9 Å². The van der Waals surface area contributed by atoms with Crippen molar-refractivity contribution >= 4 is 17.9 Å². The Morgan fingerprint density at radius 1 is 0.317 bits per heavy atom. The Morgan fingerprint density at radius 2 is 0.550 bits per heavy atom. The smallest absolute Gasteiger partial charge is 0.306 e. The molecule has 0 amide bonds. The third-order valence-corrected chi connectivity index (χ3v) is 12.3. The summed E-state index contributed by atoms with van der Waals surface area (Å²) in [6.45, 7) is 9.04. The molecule has 0 aliphatic heterocycles. The average molecular weight is 849 g/mol. The van der Waals surface area contributed by atoms with Crippen molar-refractivity contribution in [1.82, 2.24) is 0 Å². The molecule has 0 aromatic carbocycles. The van der Waals surface area contributed by atoms with Crippen molar-refractivity contribution in [3.63, 3.8) is 0 Å². The molecule has 6 heteroatoms. The van der Waals surface area contributed by atoms with Crippen LogP contribution in [0.15, 0.2) is 0 Å². The number of carbonyl (C=O) groups is 3. The first-order valence-corrected chi connectivity index (χ1v) is 26.9. The van der Waals surface area contributed by atoms with Crippen LogP contribution in [0.5, 0.6) is 0 Å². The maximum absolute atomic E-state index is 12.8. The minimum atomic E-state index is -0.760. The lowest BCUT2D eigenvalue weighted by atomic mass is 10.0. The minimum Gasteiger partial charge on any atom is -0.462 e. The maximum atomic E-state index is 12.8. The molecule has 0 aliphatic rings. The number of carbonyl (C=O) groups excluding carboxylic acids is 3. The molecule has 0 heterocycles. The van der Waals surface area contributed by atoms with Gasteiger partial charge in [-0.3, -0.25) is 14.4 Å². The second-order valence-electron chi connectivity index (χ2n) is 19.0. The van der Waals surface area contributed by atoms with Crippen LogP contribution >= 0.6 is 0 Å².